The zero-order valence-electron chi connectivity index (χ0n) is 11.4. The number of carbonyl (C=O) groups is 2. The highest BCUT2D eigenvalue weighted by atomic mass is 16.5. The first-order valence-corrected chi connectivity index (χ1v) is 6.79. The Labute approximate surface area is 109 Å². The number of likely N-dealkylation sites (tertiary alicyclic amines) is 1. The maximum Gasteiger partial charge on any atom is 0.409 e. The van der Waals surface area contributed by atoms with Gasteiger partial charge in [-0.15, -0.1) is 0 Å². The van der Waals surface area contributed by atoms with Gasteiger partial charge in [0.15, 0.2) is 0 Å². The second-order valence-electron chi connectivity index (χ2n) is 4.75. The Balaban J connectivity index is 2.31. The van der Waals surface area contributed by atoms with Gasteiger partial charge in [-0.05, 0) is 19.3 Å². The van der Waals surface area contributed by atoms with Gasteiger partial charge in [0.1, 0.15) is 0 Å². The first kappa shape index (κ1) is 14.8. The van der Waals surface area contributed by atoms with Crippen molar-refractivity contribution in [1.29, 1.82) is 0 Å². The van der Waals surface area contributed by atoms with Crippen LogP contribution in [0, 0.1) is 5.92 Å². The van der Waals surface area contributed by atoms with Gasteiger partial charge in [0.25, 0.3) is 0 Å². The molecule has 0 aromatic rings. The van der Waals surface area contributed by atoms with Crippen LogP contribution in [0.4, 0.5) is 4.79 Å². The molecule has 1 aliphatic rings. The predicted octanol–water partition coefficient (Wildman–Crippen LogP) is 1.77. The third kappa shape index (κ3) is 4.55. The van der Waals surface area contributed by atoms with Crippen LogP contribution in [-0.4, -0.2) is 43.6 Å². The maximum absolute atomic E-state index is 11.9. The molecule has 5 heteroatoms. The molecular formula is C13H24N2O3. The van der Waals surface area contributed by atoms with E-state index in [1.807, 2.05) is 0 Å². The molecule has 0 aliphatic carbocycles. The number of ether oxygens (including phenoxy) is 1. The second kappa shape index (κ2) is 7.95. The maximum atomic E-state index is 11.9. The summed E-state index contributed by atoms with van der Waals surface area (Å²) in [4.78, 5) is 24.9. The highest BCUT2D eigenvalue weighted by Crippen LogP contribution is 2.17. The predicted molar refractivity (Wildman–Crippen MR) is 69.2 cm³/mol. The third-order valence-electron chi connectivity index (χ3n) is 3.30. The topological polar surface area (TPSA) is 58.6 Å². The van der Waals surface area contributed by atoms with Crippen molar-refractivity contribution in [3.63, 3.8) is 0 Å². The molecule has 18 heavy (non-hydrogen) atoms. The minimum atomic E-state index is -0.335. The Hall–Kier alpha value is -1.26. The van der Waals surface area contributed by atoms with Crippen LogP contribution < -0.4 is 5.32 Å². The molecule has 1 fully saturated rings. The number of unbranched alkanes of at least 4 members (excludes halogenated alkanes) is 2. The van der Waals surface area contributed by atoms with Crippen LogP contribution in [0.2, 0.25) is 0 Å². The summed E-state index contributed by atoms with van der Waals surface area (Å²) < 4.78 is 4.69. The van der Waals surface area contributed by atoms with Gasteiger partial charge in [0.2, 0.25) is 5.91 Å². The average Bonchev–Trinajstić information content (AvgIpc) is 2.42. The Morgan fingerprint density at radius 1 is 1.39 bits per heavy atom. The fourth-order valence-electron chi connectivity index (χ4n) is 2.22. The standard InChI is InChI=1S/C13H24N2O3/c1-3-4-5-8-14-12(16)11-7-6-9-15(10-11)13(17)18-2/h11H,3-10H2,1-2H3,(H,14,16). The first-order chi connectivity index (χ1) is 8.69. The van der Waals surface area contributed by atoms with E-state index in [1.165, 1.54) is 7.11 Å². The molecule has 0 radical (unpaired) electrons. The van der Waals surface area contributed by atoms with Gasteiger partial charge in [-0.3, -0.25) is 4.79 Å². The lowest BCUT2D eigenvalue weighted by atomic mass is 9.97. The number of rotatable bonds is 5. The zero-order valence-corrected chi connectivity index (χ0v) is 11.4. The summed E-state index contributed by atoms with van der Waals surface area (Å²) in [5.41, 5.74) is 0. The monoisotopic (exact) mass is 256 g/mol. The van der Waals surface area contributed by atoms with E-state index in [4.69, 9.17) is 0 Å². The summed E-state index contributed by atoms with van der Waals surface area (Å²) >= 11 is 0. The lowest BCUT2D eigenvalue weighted by molar-refractivity contribution is -0.126. The molecule has 0 aromatic heterocycles. The Kier molecular flexibility index (Phi) is 6.54. The molecule has 104 valence electrons. The smallest absolute Gasteiger partial charge is 0.409 e. The van der Waals surface area contributed by atoms with Crippen molar-refractivity contribution in [2.75, 3.05) is 26.7 Å². The summed E-state index contributed by atoms with van der Waals surface area (Å²) in [6, 6.07) is 0. The molecule has 1 aliphatic heterocycles. The molecule has 0 spiro atoms. The number of methoxy groups -OCH3 is 1. The highest BCUT2D eigenvalue weighted by Gasteiger charge is 2.28. The van der Waals surface area contributed by atoms with E-state index >= 15 is 0 Å². The Bertz CT molecular complexity index is 281. The minimum Gasteiger partial charge on any atom is -0.453 e. The molecule has 0 aromatic carbocycles. The molecule has 1 rings (SSSR count). The SMILES string of the molecule is CCCCCNC(=O)C1CCCN(C(=O)OC)C1. The zero-order chi connectivity index (χ0) is 13.4. The van der Waals surface area contributed by atoms with Gasteiger partial charge in [0.05, 0.1) is 13.0 Å². The van der Waals surface area contributed by atoms with E-state index in [0.717, 1.165) is 38.6 Å². The van der Waals surface area contributed by atoms with Crippen LogP contribution in [0.1, 0.15) is 39.0 Å². The normalized spacial score (nSPS) is 19.4. The number of amides is 2. The van der Waals surface area contributed by atoms with Gasteiger partial charge >= 0.3 is 6.09 Å². The van der Waals surface area contributed by atoms with E-state index in [1.54, 1.807) is 4.90 Å². The van der Waals surface area contributed by atoms with Crippen molar-refractivity contribution in [1.82, 2.24) is 10.2 Å². The largest absolute Gasteiger partial charge is 0.453 e. The second-order valence-corrected chi connectivity index (χ2v) is 4.75. The van der Waals surface area contributed by atoms with Crippen LogP contribution in [0.15, 0.2) is 0 Å². The molecule has 1 heterocycles. The molecule has 5 nitrogen and oxygen atoms in total. The average molecular weight is 256 g/mol. The molecule has 2 amide bonds. The molecule has 1 atom stereocenters. The molecule has 1 N–H and O–H groups in total. The van der Waals surface area contributed by atoms with E-state index in [0.29, 0.717) is 13.1 Å². The van der Waals surface area contributed by atoms with E-state index in [-0.39, 0.29) is 17.9 Å². The summed E-state index contributed by atoms with van der Waals surface area (Å²) in [7, 11) is 1.37. The van der Waals surface area contributed by atoms with Gasteiger partial charge in [0, 0.05) is 19.6 Å². The van der Waals surface area contributed by atoms with Crippen molar-refractivity contribution >= 4 is 12.0 Å². The lowest BCUT2D eigenvalue weighted by Crippen LogP contribution is -2.45. The molecule has 1 saturated heterocycles. The van der Waals surface area contributed by atoms with E-state index in [9.17, 15) is 9.59 Å². The summed E-state index contributed by atoms with van der Waals surface area (Å²) in [5, 5.41) is 2.95. The number of nitrogens with one attached hydrogen (secondary N) is 1. The van der Waals surface area contributed by atoms with Gasteiger partial charge in [-0.1, -0.05) is 19.8 Å². The van der Waals surface area contributed by atoms with Crippen LogP contribution >= 0.6 is 0 Å². The number of hydrogen-bond acceptors (Lipinski definition) is 3. The fourth-order valence-corrected chi connectivity index (χ4v) is 2.22. The van der Waals surface area contributed by atoms with Gasteiger partial charge < -0.3 is 15.0 Å². The third-order valence-corrected chi connectivity index (χ3v) is 3.30. The van der Waals surface area contributed by atoms with Gasteiger partial charge in [-0.2, -0.15) is 0 Å². The molecule has 0 saturated carbocycles. The Morgan fingerprint density at radius 2 is 2.17 bits per heavy atom. The molecular weight excluding hydrogens is 232 g/mol. The van der Waals surface area contributed by atoms with Crippen LogP contribution in [0.3, 0.4) is 0 Å². The minimum absolute atomic E-state index is 0.0692. The van der Waals surface area contributed by atoms with Crippen molar-refractivity contribution in [3.8, 4) is 0 Å². The summed E-state index contributed by atoms with van der Waals surface area (Å²) in [6.07, 6.45) is 4.69. The number of nitrogens with zero attached hydrogens (tertiary/aromatic N) is 1. The lowest BCUT2D eigenvalue weighted by Gasteiger charge is -2.30. The van der Waals surface area contributed by atoms with Crippen LogP contribution in [0.25, 0.3) is 0 Å². The van der Waals surface area contributed by atoms with E-state index in [2.05, 4.69) is 17.0 Å². The van der Waals surface area contributed by atoms with Crippen molar-refractivity contribution in [2.45, 2.75) is 39.0 Å². The van der Waals surface area contributed by atoms with Gasteiger partial charge in [-0.25, -0.2) is 4.79 Å². The highest BCUT2D eigenvalue weighted by molar-refractivity contribution is 5.79. The van der Waals surface area contributed by atoms with Crippen molar-refractivity contribution in [2.24, 2.45) is 5.92 Å². The number of carbonyl (C=O) groups excluding carboxylic acids is 2. The Morgan fingerprint density at radius 3 is 2.83 bits per heavy atom. The van der Waals surface area contributed by atoms with E-state index < -0.39 is 0 Å². The quantitative estimate of drug-likeness (QED) is 0.763. The van der Waals surface area contributed by atoms with Crippen LogP contribution in [0.5, 0.6) is 0 Å². The molecule has 1 unspecified atom stereocenters. The van der Waals surface area contributed by atoms with Crippen LogP contribution in [-0.2, 0) is 9.53 Å². The molecule has 0 bridgehead atoms. The summed E-state index contributed by atoms with van der Waals surface area (Å²) in [5.74, 6) is -0.0146. The van der Waals surface area contributed by atoms with Crippen molar-refractivity contribution in [3.05, 3.63) is 0 Å². The number of piperidine rings is 1. The fraction of sp³-hybridized carbons (Fsp3) is 0.846. The first-order valence-electron chi connectivity index (χ1n) is 6.79. The van der Waals surface area contributed by atoms with Crippen molar-refractivity contribution < 1.29 is 14.3 Å². The number of hydrogen-bond donors (Lipinski definition) is 1. The summed E-state index contributed by atoms with van der Waals surface area (Å²) in [6.45, 7) is 4.04.